The van der Waals surface area contributed by atoms with E-state index in [1.165, 1.54) is 4.90 Å². The molecule has 1 amide bonds. The van der Waals surface area contributed by atoms with Crippen LogP contribution in [-0.4, -0.2) is 35.1 Å². The third-order valence-electron chi connectivity index (χ3n) is 3.05. The maximum Gasteiger partial charge on any atom is 0.242 e. The van der Waals surface area contributed by atoms with Crippen molar-refractivity contribution in [1.29, 1.82) is 5.26 Å². The summed E-state index contributed by atoms with van der Waals surface area (Å²) in [7, 11) is 1.65. The first-order valence-corrected chi connectivity index (χ1v) is 5.70. The molecule has 1 saturated carbocycles. The number of rotatable bonds is 3. The first-order chi connectivity index (χ1) is 7.31. The molecule has 0 spiro atoms. The van der Waals surface area contributed by atoms with Crippen molar-refractivity contribution in [3.05, 3.63) is 0 Å². The highest BCUT2D eigenvalue weighted by Crippen LogP contribution is 2.39. The van der Waals surface area contributed by atoms with E-state index in [0.717, 1.165) is 12.8 Å². The van der Waals surface area contributed by atoms with Crippen LogP contribution < -0.4 is 0 Å². The highest BCUT2D eigenvalue weighted by Gasteiger charge is 2.43. The molecule has 0 radical (unpaired) electrons. The summed E-state index contributed by atoms with van der Waals surface area (Å²) in [5.41, 5.74) is -1.75. The molecule has 1 aliphatic rings. The minimum absolute atomic E-state index is 0.144. The monoisotopic (exact) mass is 224 g/mol. The molecule has 16 heavy (non-hydrogen) atoms. The molecule has 0 unspecified atom stereocenters. The van der Waals surface area contributed by atoms with Crippen molar-refractivity contribution in [2.24, 2.45) is 5.41 Å². The maximum atomic E-state index is 12.2. The van der Waals surface area contributed by atoms with Crippen molar-refractivity contribution in [3.8, 4) is 6.07 Å². The zero-order valence-electron chi connectivity index (χ0n) is 10.3. The first kappa shape index (κ1) is 13.0. The van der Waals surface area contributed by atoms with Gasteiger partial charge >= 0.3 is 0 Å². The Morgan fingerprint density at radius 2 is 2.00 bits per heavy atom. The lowest BCUT2D eigenvalue weighted by Gasteiger charge is -2.30. The van der Waals surface area contributed by atoms with Gasteiger partial charge in [0.25, 0.3) is 0 Å². The minimum atomic E-state index is -0.917. The Kier molecular flexibility index (Phi) is 3.59. The molecule has 0 saturated heterocycles. The van der Waals surface area contributed by atoms with Gasteiger partial charge in [-0.15, -0.1) is 0 Å². The van der Waals surface area contributed by atoms with Gasteiger partial charge in [-0.1, -0.05) is 12.8 Å². The van der Waals surface area contributed by atoms with Crippen LogP contribution in [0.5, 0.6) is 0 Å². The fraction of sp³-hybridized carbons (Fsp3) is 0.833. The highest BCUT2D eigenvalue weighted by molar-refractivity contribution is 5.85. The van der Waals surface area contributed by atoms with E-state index in [1.54, 1.807) is 20.9 Å². The molecular formula is C12H20N2O2. The second-order valence-corrected chi connectivity index (χ2v) is 5.37. The molecule has 1 fully saturated rings. The molecular weight excluding hydrogens is 204 g/mol. The van der Waals surface area contributed by atoms with Crippen molar-refractivity contribution < 1.29 is 9.90 Å². The van der Waals surface area contributed by atoms with E-state index in [0.29, 0.717) is 12.8 Å². The standard InChI is InChI=1S/C12H20N2O2/c1-11(2,16)9-14(3)10(15)12(8-13)6-4-5-7-12/h16H,4-7,9H2,1-3H3. The molecule has 4 heteroatoms. The van der Waals surface area contributed by atoms with Gasteiger partial charge in [-0.3, -0.25) is 4.79 Å². The Labute approximate surface area is 96.9 Å². The van der Waals surface area contributed by atoms with E-state index >= 15 is 0 Å². The van der Waals surface area contributed by atoms with Crippen molar-refractivity contribution in [2.45, 2.75) is 45.1 Å². The normalized spacial score (nSPS) is 19.2. The van der Waals surface area contributed by atoms with E-state index in [4.69, 9.17) is 0 Å². The summed E-state index contributed by atoms with van der Waals surface area (Å²) in [5.74, 6) is -0.144. The number of amides is 1. The average molecular weight is 224 g/mol. The SMILES string of the molecule is CN(CC(C)(C)O)C(=O)C1(C#N)CCCC1. The van der Waals surface area contributed by atoms with E-state index < -0.39 is 11.0 Å². The molecule has 0 aromatic carbocycles. The van der Waals surface area contributed by atoms with Gasteiger partial charge in [0.05, 0.1) is 11.7 Å². The predicted molar refractivity (Wildman–Crippen MR) is 60.4 cm³/mol. The molecule has 0 heterocycles. The van der Waals surface area contributed by atoms with Crippen molar-refractivity contribution >= 4 is 5.91 Å². The topological polar surface area (TPSA) is 64.3 Å². The van der Waals surface area contributed by atoms with Crippen LogP contribution in [0.15, 0.2) is 0 Å². The number of carbonyl (C=O) groups excluding carboxylic acids is 1. The van der Waals surface area contributed by atoms with Gasteiger partial charge in [-0.2, -0.15) is 5.26 Å². The summed E-state index contributed by atoms with van der Waals surface area (Å²) in [6.07, 6.45) is 3.18. The number of carbonyl (C=O) groups is 1. The van der Waals surface area contributed by atoms with Crippen molar-refractivity contribution in [2.75, 3.05) is 13.6 Å². The van der Waals surface area contributed by atoms with Crippen LogP contribution in [0.4, 0.5) is 0 Å². The van der Waals surface area contributed by atoms with Crippen LogP contribution in [0.25, 0.3) is 0 Å². The zero-order valence-corrected chi connectivity index (χ0v) is 10.3. The smallest absolute Gasteiger partial charge is 0.242 e. The Hall–Kier alpha value is -1.08. The number of likely N-dealkylation sites (N-methyl/N-ethyl adjacent to an activating group) is 1. The fourth-order valence-electron chi connectivity index (χ4n) is 2.37. The summed E-state index contributed by atoms with van der Waals surface area (Å²) in [6, 6.07) is 2.17. The van der Waals surface area contributed by atoms with E-state index in [2.05, 4.69) is 6.07 Å². The molecule has 90 valence electrons. The number of nitrogens with zero attached hydrogens (tertiary/aromatic N) is 2. The van der Waals surface area contributed by atoms with Crippen LogP contribution in [-0.2, 0) is 4.79 Å². The average Bonchev–Trinajstić information content (AvgIpc) is 2.63. The third-order valence-corrected chi connectivity index (χ3v) is 3.05. The Bertz CT molecular complexity index is 306. The van der Waals surface area contributed by atoms with Gasteiger partial charge in [0, 0.05) is 13.6 Å². The second-order valence-electron chi connectivity index (χ2n) is 5.37. The molecule has 1 aliphatic carbocycles. The molecule has 0 aromatic heterocycles. The van der Waals surface area contributed by atoms with Crippen LogP contribution in [0.2, 0.25) is 0 Å². The zero-order chi connectivity index (χ0) is 12.4. The number of nitriles is 1. The van der Waals surface area contributed by atoms with Crippen molar-refractivity contribution in [1.82, 2.24) is 4.90 Å². The lowest BCUT2D eigenvalue weighted by atomic mass is 9.86. The fourth-order valence-corrected chi connectivity index (χ4v) is 2.37. The first-order valence-electron chi connectivity index (χ1n) is 5.70. The summed E-state index contributed by atoms with van der Waals surface area (Å²) < 4.78 is 0. The van der Waals surface area contributed by atoms with Crippen LogP contribution >= 0.6 is 0 Å². The molecule has 0 aliphatic heterocycles. The summed E-state index contributed by atoms with van der Waals surface area (Å²) in [4.78, 5) is 13.6. The van der Waals surface area contributed by atoms with Gasteiger partial charge < -0.3 is 10.0 Å². The molecule has 0 atom stereocenters. The van der Waals surface area contributed by atoms with Crippen LogP contribution in [0.1, 0.15) is 39.5 Å². The molecule has 1 rings (SSSR count). The Morgan fingerprint density at radius 3 is 2.38 bits per heavy atom. The summed E-state index contributed by atoms with van der Waals surface area (Å²) in [6.45, 7) is 3.57. The van der Waals surface area contributed by atoms with Gasteiger partial charge in [0.15, 0.2) is 0 Å². The lowest BCUT2D eigenvalue weighted by Crippen LogP contribution is -2.45. The van der Waals surface area contributed by atoms with Crippen LogP contribution in [0.3, 0.4) is 0 Å². The van der Waals surface area contributed by atoms with Gasteiger partial charge in [0.1, 0.15) is 5.41 Å². The van der Waals surface area contributed by atoms with E-state index in [9.17, 15) is 15.2 Å². The molecule has 1 N–H and O–H groups in total. The number of aliphatic hydroxyl groups is 1. The minimum Gasteiger partial charge on any atom is -0.389 e. The molecule has 0 aromatic rings. The van der Waals surface area contributed by atoms with E-state index in [1.807, 2.05) is 0 Å². The predicted octanol–water partition coefficient (Wildman–Crippen LogP) is 1.30. The van der Waals surface area contributed by atoms with Crippen molar-refractivity contribution in [3.63, 3.8) is 0 Å². The quantitative estimate of drug-likeness (QED) is 0.785. The summed E-state index contributed by atoms with van der Waals surface area (Å²) >= 11 is 0. The Morgan fingerprint density at radius 1 is 1.50 bits per heavy atom. The lowest BCUT2D eigenvalue weighted by molar-refractivity contribution is -0.140. The molecule has 0 bridgehead atoms. The Balaban J connectivity index is 2.73. The third kappa shape index (κ3) is 2.73. The van der Waals surface area contributed by atoms with Gasteiger partial charge in [-0.25, -0.2) is 0 Å². The summed E-state index contributed by atoms with van der Waals surface area (Å²) in [5, 5.41) is 18.8. The highest BCUT2D eigenvalue weighted by atomic mass is 16.3. The van der Waals surface area contributed by atoms with Gasteiger partial charge in [0.2, 0.25) is 5.91 Å². The van der Waals surface area contributed by atoms with Crippen LogP contribution in [0, 0.1) is 16.7 Å². The number of hydrogen-bond acceptors (Lipinski definition) is 3. The largest absolute Gasteiger partial charge is 0.389 e. The maximum absolute atomic E-state index is 12.2. The number of hydrogen-bond donors (Lipinski definition) is 1. The van der Waals surface area contributed by atoms with E-state index in [-0.39, 0.29) is 12.5 Å². The second kappa shape index (κ2) is 4.42. The van der Waals surface area contributed by atoms with Gasteiger partial charge in [-0.05, 0) is 26.7 Å². The molecule has 4 nitrogen and oxygen atoms in total.